The molecule has 1 aromatic carbocycles. The molecule has 90 valence electrons. The minimum atomic E-state index is -0.177. The molecule has 0 aliphatic rings. The molecule has 0 aliphatic heterocycles. The van der Waals surface area contributed by atoms with E-state index in [0.717, 1.165) is 6.42 Å². The highest BCUT2D eigenvalue weighted by Crippen LogP contribution is 2.27. The summed E-state index contributed by atoms with van der Waals surface area (Å²) in [6.07, 6.45) is 0.910. The quantitative estimate of drug-likeness (QED) is 0.819. The molecule has 0 saturated carbocycles. The maximum Gasteiger partial charge on any atom is 0.0103 e. The summed E-state index contributed by atoms with van der Waals surface area (Å²) in [5, 5.41) is 0. The predicted octanol–water partition coefficient (Wildman–Crippen LogP) is 2.55. The average Bonchev–Trinajstić information content (AvgIpc) is 2.14. The topological polar surface area (TPSA) is 52.0 Å². The molecule has 1 rings (SSSR count). The van der Waals surface area contributed by atoms with Gasteiger partial charge in [-0.1, -0.05) is 29.8 Å². The number of hydrogen-bond acceptors (Lipinski definition) is 2. The summed E-state index contributed by atoms with van der Waals surface area (Å²) in [4.78, 5) is 0. The van der Waals surface area contributed by atoms with Crippen LogP contribution in [0.4, 0.5) is 0 Å². The first-order valence-electron chi connectivity index (χ1n) is 5.90. The van der Waals surface area contributed by atoms with Gasteiger partial charge in [-0.25, -0.2) is 0 Å². The summed E-state index contributed by atoms with van der Waals surface area (Å²) in [5.41, 5.74) is 14.5. The van der Waals surface area contributed by atoms with Gasteiger partial charge in [-0.3, -0.25) is 0 Å². The third kappa shape index (κ3) is 3.95. The Labute approximate surface area is 99.0 Å². The normalized spacial score (nSPS) is 15.9. The lowest BCUT2D eigenvalue weighted by Gasteiger charge is -2.29. The van der Waals surface area contributed by atoms with E-state index in [9.17, 15) is 0 Å². The fourth-order valence-electron chi connectivity index (χ4n) is 1.99. The smallest absolute Gasteiger partial charge is 0.0103 e. The largest absolute Gasteiger partial charge is 0.327 e. The number of hydrogen-bond donors (Lipinski definition) is 2. The highest BCUT2D eigenvalue weighted by Gasteiger charge is 2.23. The van der Waals surface area contributed by atoms with E-state index in [1.54, 1.807) is 0 Å². The van der Waals surface area contributed by atoms with Gasteiger partial charge in [-0.05, 0) is 39.7 Å². The molecule has 2 unspecified atom stereocenters. The van der Waals surface area contributed by atoms with E-state index >= 15 is 0 Å². The summed E-state index contributed by atoms with van der Waals surface area (Å²) in [6, 6.07) is 8.72. The molecule has 0 radical (unpaired) electrons. The molecular formula is C14H24N2. The standard InChI is InChI=1S/C14H24N2/c1-10-5-7-12(8-6-10)13(11(2)15)9-14(3,4)16/h5-8,11,13H,9,15-16H2,1-4H3. The third-order valence-electron chi connectivity index (χ3n) is 2.89. The summed E-state index contributed by atoms with van der Waals surface area (Å²) in [5.74, 6) is 0.334. The van der Waals surface area contributed by atoms with Crippen LogP contribution in [0.3, 0.4) is 0 Å². The van der Waals surface area contributed by atoms with E-state index in [-0.39, 0.29) is 11.6 Å². The predicted molar refractivity (Wildman–Crippen MR) is 70.5 cm³/mol. The van der Waals surface area contributed by atoms with E-state index < -0.39 is 0 Å². The van der Waals surface area contributed by atoms with Gasteiger partial charge >= 0.3 is 0 Å². The van der Waals surface area contributed by atoms with Crippen molar-refractivity contribution in [2.24, 2.45) is 11.5 Å². The maximum atomic E-state index is 6.09. The van der Waals surface area contributed by atoms with Crippen LogP contribution in [0.5, 0.6) is 0 Å². The first-order chi connectivity index (χ1) is 7.29. The Morgan fingerprint density at radius 2 is 1.69 bits per heavy atom. The molecule has 0 amide bonds. The van der Waals surface area contributed by atoms with Crippen LogP contribution in [0.25, 0.3) is 0 Å². The van der Waals surface area contributed by atoms with Gasteiger partial charge < -0.3 is 11.5 Å². The molecule has 0 heterocycles. The van der Waals surface area contributed by atoms with E-state index in [1.807, 2.05) is 0 Å². The molecule has 2 atom stereocenters. The monoisotopic (exact) mass is 220 g/mol. The van der Waals surface area contributed by atoms with Gasteiger partial charge in [0.05, 0.1) is 0 Å². The minimum Gasteiger partial charge on any atom is -0.327 e. The Hall–Kier alpha value is -0.860. The number of aryl methyl sites for hydroxylation is 1. The van der Waals surface area contributed by atoms with E-state index in [4.69, 9.17) is 11.5 Å². The number of benzene rings is 1. The number of nitrogens with two attached hydrogens (primary N) is 2. The van der Waals surface area contributed by atoms with Crippen LogP contribution >= 0.6 is 0 Å². The van der Waals surface area contributed by atoms with Crippen molar-refractivity contribution in [1.29, 1.82) is 0 Å². The molecule has 2 nitrogen and oxygen atoms in total. The lowest BCUT2D eigenvalue weighted by molar-refractivity contribution is 0.393. The molecule has 0 aromatic heterocycles. The van der Waals surface area contributed by atoms with Crippen molar-refractivity contribution >= 4 is 0 Å². The van der Waals surface area contributed by atoms with Crippen LogP contribution in [-0.4, -0.2) is 11.6 Å². The minimum absolute atomic E-state index is 0.130. The summed E-state index contributed by atoms with van der Waals surface area (Å²) in [7, 11) is 0. The van der Waals surface area contributed by atoms with Crippen LogP contribution in [0, 0.1) is 6.92 Å². The van der Waals surface area contributed by atoms with Crippen molar-refractivity contribution < 1.29 is 0 Å². The molecule has 0 bridgehead atoms. The molecule has 0 aliphatic carbocycles. The van der Waals surface area contributed by atoms with Crippen LogP contribution in [0.2, 0.25) is 0 Å². The SMILES string of the molecule is Cc1ccc(C(CC(C)(C)N)C(C)N)cc1. The Kier molecular flexibility index (Phi) is 4.11. The molecule has 4 N–H and O–H groups in total. The fraction of sp³-hybridized carbons (Fsp3) is 0.571. The third-order valence-corrected chi connectivity index (χ3v) is 2.89. The van der Waals surface area contributed by atoms with Gasteiger partial charge in [0.2, 0.25) is 0 Å². The van der Waals surface area contributed by atoms with Crippen molar-refractivity contribution in [2.75, 3.05) is 0 Å². The zero-order valence-electron chi connectivity index (χ0n) is 10.8. The van der Waals surface area contributed by atoms with Crippen LogP contribution in [0.1, 0.15) is 44.2 Å². The van der Waals surface area contributed by atoms with Crippen LogP contribution in [-0.2, 0) is 0 Å². The van der Waals surface area contributed by atoms with Gasteiger partial charge in [0.15, 0.2) is 0 Å². The van der Waals surface area contributed by atoms with Crippen molar-refractivity contribution in [3.8, 4) is 0 Å². The molecule has 0 saturated heterocycles. The van der Waals surface area contributed by atoms with Crippen molar-refractivity contribution in [2.45, 2.75) is 51.6 Å². The average molecular weight is 220 g/mol. The van der Waals surface area contributed by atoms with Gasteiger partial charge in [-0.15, -0.1) is 0 Å². The lowest BCUT2D eigenvalue weighted by Crippen LogP contribution is -2.38. The molecule has 0 spiro atoms. The molecule has 1 aromatic rings. The molecule has 2 heteroatoms. The summed E-state index contributed by atoms with van der Waals surface area (Å²) < 4.78 is 0. The second-order valence-electron chi connectivity index (χ2n) is 5.57. The fourth-order valence-corrected chi connectivity index (χ4v) is 1.99. The van der Waals surface area contributed by atoms with E-state index in [2.05, 4.69) is 52.0 Å². The maximum absolute atomic E-state index is 6.09. The Morgan fingerprint density at radius 3 is 2.06 bits per heavy atom. The van der Waals surface area contributed by atoms with Gasteiger partial charge in [0.25, 0.3) is 0 Å². The zero-order valence-corrected chi connectivity index (χ0v) is 10.8. The first-order valence-corrected chi connectivity index (χ1v) is 5.90. The lowest BCUT2D eigenvalue weighted by atomic mass is 9.82. The van der Waals surface area contributed by atoms with Gasteiger partial charge in [0.1, 0.15) is 0 Å². The zero-order chi connectivity index (χ0) is 12.3. The summed E-state index contributed by atoms with van der Waals surface area (Å²) in [6.45, 7) is 8.25. The molecule has 16 heavy (non-hydrogen) atoms. The molecular weight excluding hydrogens is 196 g/mol. The second-order valence-corrected chi connectivity index (χ2v) is 5.57. The highest BCUT2D eigenvalue weighted by molar-refractivity contribution is 5.26. The van der Waals surface area contributed by atoms with Gasteiger partial charge in [-0.2, -0.15) is 0 Å². The van der Waals surface area contributed by atoms with Crippen LogP contribution in [0.15, 0.2) is 24.3 Å². The summed E-state index contributed by atoms with van der Waals surface area (Å²) >= 11 is 0. The Morgan fingerprint density at radius 1 is 1.19 bits per heavy atom. The Bertz CT molecular complexity index is 320. The van der Waals surface area contributed by atoms with Gasteiger partial charge in [0, 0.05) is 17.5 Å². The second kappa shape index (κ2) is 4.98. The Balaban J connectivity index is 2.90. The van der Waals surface area contributed by atoms with E-state index in [1.165, 1.54) is 11.1 Å². The number of rotatable bonds is 4. The van der Waals surface area contributed by atoms with Crippen molar-refractivity contribution in [3.05, 3.63) is 35.4 Å². The van der Waals surface area contributed by atoms with Crippen molar-refractivity contribution in [1.82, 2.24) is 0 Å². The van der Waals surface area contributed by atoms with Crippen LogP contribution < -0.4 is 11.5 Å². The molecule has 0 fully saturated rings. The van der Waals surface area contributed by atoms with E-state index in [0.29, 0.717) is 5.92 Å². The van der Waals surface area contributed by atoms with Crippen molar-refractivity contribution in [3.63, 3.8) is 0 Å². The first kappa shape index (κ1) is 13.2. The highest BCUT2D eigenvalue weighted by atomic mass is 14.7.